The molecular formula is C29H31N3O2. The van der Waals surface area contributed by atoms with Gasteiger partial charge in [-0.3, -0.25) is 9.69 Å². The number of nitrogens with zero attached hydrogens (tertiary/aromatic N) is 2. The van der Waals surface area contributed by atoms with E-state index in [1.54, 1.807) is 0 Å². The van der Waals surface area contributed by atoms with Gasteiger partial charge in [0, 0.05) is 13.1 Å². The lowest BCUT2D eigenvalue weighted by atomic mass is 10.0. The average Bonchev–Trinajstić information content (AvgIpc) is 3.31. The smallest absolute Gasteiger partial charge is 0.273 e. The second-order valence-electron chi connectivity index (χ2n) is 8.79. The second kappa shape index (κ2) is 10.9. The SMILES string of the molecule is Cc1ccc(C)c(CN(Cc2ccccc2)Cc2nc(C(=O)NC(C)c3ccccc3)co2)c1. The fourth-order valence-corrected chi connectivity index (χ4v) is 4.00. The Balaban J connectivity index is 1.47. The molecule has 0 spiro atoms. The van der Waals surface area contributed by atoms with Crippen LogP contribution < -0.4 is 5.32 Å². The molecule has 4 rings (SSSR count). The first-order valence-electron chi connectivity index (χ1n) is 11.6. The molecule has 1 atom stereocenters. The first-order valence-corrected chi connectivity index (χ1v) is 11.6. The summed E-state index contributed by atoms with van der Waals surface area (Å²) in [7, 11) is 0. The van der Waals surface area contributed by atoms with E-state index in [1.165, 1.54) is 28.5 Å². The number of aryl methyl sites for hydroxylation is 2. The van der Waals surface area contributed by atoms with E-state index in [1.807, 2.05) is 55.5 Å². The van der Waals surface area contributed by atoms with E-state index >= 15 is 0 Å². The summed E-state index contributed by atoms with van der Waals surface area (Å²) in [4.78, 5) is 19.5. The summed E-state index contributed by atoms with van der Waals surface area (Å²) in [6, 6.07) is 26.6. The quantitative estimate of drug-likeness (QED) is 0.338. The zero-order chi connectivity index (χ0) is 23.9. The number of hydrogen-bond donors (Lipinski definition) is 1. The third-order valence-electron chi connectivity index (χ3n) is 5.94. The molecule has 1 amide bonds. The zero-order valence-corrected chi connectivity index (χ0v) is 20.0. The maximum absolute atomic E-state index is 12.7. The van der Waals surface area contributed by atoms with Crippen molar-refractivity contribution in [2.75, 3.05) is 0 Å². The molecule has 5 heteroatoms. The largest absolute Gasteiger partial charge is 0.447 e. The van der Waals surface area contributed by atoms with Crippen LogP contribution in [0.1, 0.15) is 57.2 Å². The Bertz CT molecular complexity index is 1220. The van der Waals surface area contributed by atoms with Crippen LogP contribution in [0.2, 0.25) is 0 Å². The van der Waals surface area contributed by atoms with Crippen molar-refractivity contribution in [3.05, 3.63) is 125 Å². The number of benzene rings is 3. The van der Waals surface area contributed by atoms with Crippen LogP contribution in [0.5, 0.6) is 0 Å². The van der Waals surface area contributed by atoms with Crippen LogP contribution in [-0.2, 0) is 19.6 Å². The molecule has 0 aliphatic carbocycles. The highest BCUT2D eigenvalue weighted by molar-refractivity contribution is 5.92. The highest BCUT2D eigenvalue weighted by Gasteiger charge is 2.18. The molecule has 0 radical (unpaired) electrons. The molecule has 1 aromatic heterocycles. The molecular weight excluding hydrogens is 422 g/mol. The molecule has 5 nitrogen and oxygen atoms in total. The van der Waals surface area contributed by atoms with Crippen molar-refractivity contribution in [2.24, 2.45) is 0 Å². The Labute approximate surface area is 201 Å². The fourth-order valence-electron chi connectivity index (χ4n) is 4.00. The van der Waals surface area contributed by atoms with E-state index in [0.717, 1.165) is 18.7 Å². The first kappa shape index (κ1) is 23.5. The molecule has 0 saturated heterocycles. The topological polar surface area (TPSA) is 58.4 Å². The summed E-state index contributed by atoms with van der Waals surface area (Å²) in [5, 5.41) is 3.00. The normalized spacial score (nSPS) is 12.0. The van der Waals surface area contributed by atoms with Gasteiger partial charge in [0.25, 0.3) is 5.91 Å². The standard InChI is InChI=1S/C29H31N3O2/c1-21-14-15-22(2)26(16-21)18-32(17-24-10-6-4-7-11-24)19-28-31-27(20-34-28)29(33)30-23(3)25-12-8-5-9-13-25/h4-16,20,23H,17-19H2,1-3H3,(H,30,33). The molecule has 0 fully saturated rings. The van der Waals surface area contributed by atoms with E-state index in [4.69, 9.17) is 4.42 Å². The van der Waals surface area contributed by atoms with Crippen molar-refractivity contribution in [1.82, 2.24) is 15.2 Å². The van der Waals surface area contributed by atoms with Gasteiger partial charge in [-0.05, 0) is 43.0 Å². The van der Waals surface area contributed by atoms with Crippen LogP contribution in [0, 0.1) is 13.8 Å². The van der Waals surface area contributed by atoms with Crippen LogP contribution in [-0.4, -0.2) is 15.8 Å². The van der Waals surface area contributed by atoms with E-state index in [9.17, 15) is 4.79 Å². The lowest BCUT2D eigenvalue weighted by molar-refractivity contribution is 0.0934. The van der Waals surface area contributed by atoms with Crippen LogP contribution in [0.4, 0.5) is 0 Å². The molecule has 1 unspecified atom stereocenters. The Morgan fingerprint density at radius 3 is 2.38 bits per heavy atom. The van der Waals surface area contributed by atoms with E-state index < -0.39 is 0 Å². The number of hydrogen-bond acceptors (Lipinski definition) is 4. The Morgan fingerprint density at radius 2 is 1.65 bits per heavy atom. The van der Waals surface area contributed by atoms with Gasteiger partial charge >= 0.3 is 0 Å². The molecule has 4 aromatic rings. The third-order valence-corrected chi connectivity index (χ3v) is 5.94. The summed E-state index contributed by atoms with van der Waals surface area (Å²) < 4.78 is 5.72. The van der Waals surface area contributed by atoms with Crippen LogP contribution in [0.3, 0.4) is 0 Å². The highest BCUT2D eigenvalue weighted by Crippen LogP contribution is 2.18. The van der Waals surface area contributed by atoms with Crippen molar-refractivity contribution in [3.8, 4) is 0 Å². The van der Waals surface area contributed by atoms with Crippen molar-refractivity contribution >= 4 is 5.91 Å². The van der Waals surface area contributed by atoms with Crippen molar-refractivity contribution in [2.45, 2.75) is 46.4 Å². The number of oxazole rings is 1. The number of carbonyl (C=O) groups excluding carboxylic acids is 1. The predicted octanol–water partition coefficient (Wildman–Crippen LogP) is 5.98. The van der Waals surface area contributed by atoms with Gasteiger partial charge in [0.05, 0.1) is 12.6 Å². The van der Waals surface area contributed by atoms with Crippen molar-refractivity contribution < 1.29 is 9.21 Å². The minimum Gasteiger partial charge on any atom is -0.447 e. The maximum Gasteiger partial charge on any atom is 0.273 e. The summed E-state index contributed by atoms with van der Waals surface area (Å²) in [6.45, 7) is 8.22. The summed E-state index contributed by atoms with van der Waals surface area (Å²) >= 11 is 0. The average molecular weight is 454 g/mol. The maximum atomic E-state index is 12.7. The Kier molecular flexibility index (Phi) is 7.55. The fraction of sp³-hybridized carbons (Fsp3) is 0.241. The van der Waals surface area contributed by atoms with Crippen LogP contribution >= 0.6 is 0 Å². The van der Waals surface area contributed by atoms with Gasteiger partial charge in [-0.2, -0.15) is 0 Å². The Hall–Kier alpha value is -3.70. The lowest BCUT2D eigenvalue weighted by Gasteiger charge is -2.22. The molecule has 174 valence electrons. The highest BCUT2D eigenvalue weighted by atomic mass is 16.3. The predicted molar refractivity (Wildman–Crippen MR) is 134 cm³/mol. The third kappa shape index (κ3) is 6.21. The minimum atomic E-state index is -0.240. The van der Waals surface area contributed by atoms with Gasteiger partial charge in [0.1, 0.15) is 6.26 Å². The minimum absolute atomic E-state index is 0.118. The van der Waals surface area contributed by atoms with E-state index in [2.05, 4.69) is 59.4 Å². The molecule has 1 N–H and O–H groups in total. The van der Waals surface area contributed by atoms with E-state index in [-0.39, 0.29) is 11.9 Å². The summed E-state index contributed by atoms with van der Waals surface area (Å²) in [5.41, 5.74) is 6.33. The monoisotopic (exact) mass is 453 g/mol. The van der Waals surface area contributed by atoms with Gasteiger partial charge < -0.3 is 9.73 Å². The van der Waals surface area contributed by atoms with Gasteiger partial charge in [-0.1, -0.05) is 84.4 Å². The zero-order valence-electron chi connectivity index (χ0n) is 20.0. The van der Waals surface area contributed by atoms with Crippen molar-refractivity contribution in [1.29, 1.82) is 0 Å². The molecule has 3 aromatic carbocycles. The number of carbonyl (C=O) groups is 1. The second-order valence-corrected chi connectivity index (χ2v) is 8.79. The van der Waals surface area contributed by atoms with E-state index in [0.29, 0.717) is 18.1 Å². The Morgan fingerprint density at radius 1 is 0.941 bits per heavy atom. The summed E-state index contributed by atoms with van der Waals surface area (Å²) in [6.07, 6.45) is 1.45. The number of rotatable bonds is 9. The molecule has 1 heterocycles. The summed E-state index contributed by atoms with van der Waals surface area (Å²) in [5.74, 6) is 0.286. The van der Waals surface area contributed by atoms with Crippen LogP contribution in [0.25, 0.3) is 0 Å². The molecule has 0 saturated carbocycles. The van der Waals surface area contributed by atoms with Gasteiger partial charge in [0.2, 0.25) is 5.89 Å². The van der Waals surface area contributed by atoms with Gasteiger partial charge in [-0.15, -0.1) is 0 Å². The van der Waals surface area contributed by atoms with Gasteiger partial charge in [-0.25, -0.2) is 4.98 Å². The number of amides is 1. The van der Waals surface area contributed by atoms with Gasteiger partial charge in [0.15, 0.2) is 5.69 Å². The van der Waals surface area contributed by atoms with Crippen molar-refractivity contribution in [3.63, 3.8) is 0 Å². The molecule has 0 aliphatic heterocycles. The van der Waals surface area contributed by atoms with Crippen LogP contribution in [0.15, 0.2) is 89.5 Å². The number of nitrogens with one attached hydrogen (secondary N) is 1. The first-order chi connectivity index (χ1) is 16.5. The lowest BCUT2D eigenvalue weighted by Crippen LogP contribution is -2.27. The molecule has 34 heavy (non-hydrogen) atoms. The molecule has 0 aliphatic rings. The number of aromatic nitrogens is 1. The molecule has 0 bridgehead atoms.